The standard InChI is InChI=1S/C15H21FO/c1-3-11-4-5-12(8-11)15(17)13-6-10(2)7-14(16)9-13/h6-7,9,11-12,15,17H,3-5,8H2,1-2H3. The van der Waals surface area contributed by atoms with Crippen LogP contribution in [0.5, 0.6) is 0 Å². The van der Waals surface area contributed by atoms with E-state index in [2.05, 4.69) is 6.92 Å². The largest absolute Gasteiger partial charge is 0.388 e. The highest BCUT2D eigenvalue weighted by atomic mass is 19.1. The molecular weight excluding hydrogens is 215 g/mol. The summed E-state index contributed by atoms with van der Waals surface area (Å²) in [5, 5.41) is 10.3. The Hall–Kier alpha value is -0.890. The second kappa shape index (κ2) is 5.18. The lowest BCUT2D eigenvalue weighted by molar-refractivity contribution is 0.108. The van der Waals surface area contributed by atoms with E-state index in [0.29, 0.717) is 5.92 Å². The molecule has 0 bridgehead atoms. The van der Waals surface area contributed by atoms with Gasteiger partial charge in [0.2, 0.25) is 0 Å². The zero-order valence-corrected chi connectivity index (χ0v) is 10.6. The Balaban J connectivity index is 2.11. The first-order valence-electron chi connectivity index (χ1n) is 6.55. The Labute approximate surface area is 103 Å². The van der Waals surface area contributed by atoms with Crippen LogP contribution in [0.2, 0.25) is 0 Å². The van der Waals surface area contributed by atoms with Crippen LogP contribution in [0.1, 0.15) is 49.8 Å². The highest BCUT2D eigenvalue weighted by Gasteiger charge is 2.29. The Morgan fingerprint density at radius 1 is 1.35 bits per heavy atom. The van der Waals surface area contributed by atoms with Gasteiger partial charge in [0.1, 0.15) is 5.82 Å². The first-order chi connectivity index (χ1) is 8.10. The molecule has 2 rings (SSSR count). The molecule has 0 aromatic heterocycles. The maximum absolute atomic E-state index is 13.3. The van der Waals surface area contributed by atoms with Crippen molar-refractivity contribution in [3.8, 4) is 0 Å². The number of hydrogen-bond acceptors (Lipinski definition) is 1. The number of aliphatic hydroxyl groups is 1. The van der Waals surface area contributed by atoms with Crippen molar-refractivity contribution in [2.45, 2.75) is 45.6 Å². The normalized spacial score (nSPS) is 26.1. The molecule has 1 aliphatic carbocycles. The summed E-state index contributed by atoms with van der Waals surface area (Å²) in [6, 6.07) is 4.86. The first kappa shape index (κ1) is 12.6. The maximum atomic E-state index is 13.3. The van der Waals surface area contributed by atoms with Gasteiger partial charge in [0.05, 0.1) is 6.10 Å². The third kappa shape index (κ3) is 2.86. The summed E-state index contributed by atoms with van der Waals surface area (Å²) in [6.07, 6.45) is 4.03. The molecule has 1 fully saturated rings. The summed E-state index contributed by atoms with van der Waals surface area (Å²) in [6.45, 7) is 4.06. The van der Waals surface area contributed by atoms with Crippen LogP contribution in [0.3, 0.4) is 0 Å². The molecule has 1 saturated carbocycles. The maximum Gasteiger partial charge on any atom is 0.123 e. The van der Waals surface area contributed by atoms with Crippen molar-refractivity contribution in [3.63, 3.8) is 0 Å². The second-order valence-corrected chi connectivity index (χ2v) is 5.35. The predicted octanol–water partition coefficient (Wildman–Crippen LogP) is 3.99. The predicted molar refractivity (Wildman–Crippen MR) is 67.2 cm³/mol. The van der Waals surface area contributed by atoms with E-state index >= 15 is 0 Å². The van der Waals surface area contributed by atoms with Gasteiger partial charge in [-0.25, -0.2) is 4.39 Å². The van der Waals surface area contributed by atoms with E-state index in [-0.39, 0.29) is 5.82 Å². The minimum atomic E-state index is -0.499. The fourth-order valence-corrected chi connectivity index (χ4v) is 2.98. The van der Waals surface area contributed by atoms with Crippen LogP contribution in [0.4, 0.5) is 4.39 Å². The summed E-state index contributed by atoms with van der Waals surface area (Å²) < 4.78 is 13.3. The number of halogens is 1. The molecular formula is C15H21FO. The molecule has 3 unspecified atom stereocenters. The van der Waals surface area contributed by atoms with Gasteiger partial charge in [-0.2, -0.15) is 0 Å². The molecule has 0 amide bonds. The van der Waals surface area contributed by atoms with Crippen molar-refractivity contribution in [2.24, 2.45) is 11.8 Å². The number of hydrogen-bond donors (Lipinski definition) is 1. The van der Waals surface area contributed by atoms with Crippen LogP contribution in [0.15, 0.2) is 18.2 Å². The van der Waals surface area contributed by atoms with Crippen LogP contribution < -0.4 is 0 Å². The summed E-state index contributed by atoms with van der Waals surface area (Å²) in [5.41, 5.74) is 1.62. The van der Waals surface area contributed by atoms with Gasteiger partial charge >= 0.3 is 0 Å². The average molecular weight is 236 g/mol. The molecule has 0 aliphatic heterocycles. The summed E-state index contributed by atoms with van der Waals surface area (Å²) >= 11 is 0. The van der Waals surface area contributed by atoms with Gasteiger partial charge in [0.15, 0.2) is 0 Å². The lowest BCUT2D eigenvalue weighted by Crippen LogP contribution is -2.10. The molecule has 0 saturated heterocycles. The Bertz CT molecular complexity index is 368. The highest BCUT2D eigenvalue weighted by Crippen LogP contribution is 2.40. The molecule has 0 spiro atoms. The fraction of sp³-hybridized carbons (Fsp3) is 0.600. The SMILES string of the molecule is CCC1CCC(C(O)c2cc(C)cc(F)c2)C1. The molecule has 2 heteroatoms. The number of aliphatic hydroxyl groups excluding tert-OH is 1. The third-order valence-electron chi connectivity index (χ3n) is 4.01. The average Bonchev–Trinajstić information content (AvgIpc) is 2.75. The molecule has 0 heterocycles. The van der Waals surface area contributed by atoms with Gasteiger partial charge in [-0.3, -0.25) is 0 Å². The number of rotatable bonds is 3. The van der Waals surface area contributed by atoms with Crippen LogP contribution in [0, 0.1) is 24.6 Å². The molecule has 17 heavy (non-hydrogen) atoms. The van der Waals surface area contributed by atoms with E-state index in [0.717, 1.165) is 29.9 Å². The van der Waals surface area contributed by atoms with Crippen LogP contribution >= 0.6 is 0 Å². The van der Waals surface area contributed by atoms with Gasteiger partial charge in [-0.15, -0.1) is 0 Å². The second-order valence-electron chi connectivity index (χ2n) is 5.35. The molecule has 1 aromatic rings. The number of aryl methyl sites for hydroxylation is 1. The van der Waals surface area contributed by atoms with Crippen molar-refractivity contribution in [2.75, 3.05) is 0 Å². The minimum Gasteiger partial charge on any atom is -0.388 e. The molecule has 3 atom stereocenters. The lowest BCUT2D eigenvalue weighted by Gasteiger charge is -2.19. The van der Waals surface area contributed by atoms with Gasteiger partial charge < -0.3 is 5.11 Å². The Kier molecular flexibility index (Phi) is 3.82. The highest BCUT2D eigenvalue weighted by molar-refractivity contribution is 5.25. The molecule has 1 nitrogen and oxygen atoms in total. The molecule has 1 aromatic carbocycles. The molecule has 1 aliphatic rings. The fourth-order valence-electron chi connectivity index (χ4n) is 2.98. The third-order valence-corrected chi connectivity index (χ3v) is 4.01. The zero-order valence-electron chi connectivity index (χ0n) is 10.6. The molecule has 0 radical (unpaired) electrons. The topological polar surface area (TPSA) is 20.2 Å². The van der Waals surface area contributed by atoms with Gasteiger partial charge in [0.25, 0.3) is 0 Å². The van der Waals surface area contributed by atoms with E-state index in [1.165, 1.54) is 25.0 Å². The van der Waals surface area contributed by atoms with Crippen molar-refractivity contribution in [3.05, 3.63) is 35.1 Å². The Morgan fingerprint density at radius 2 is 2.12 bits per heavy atom. The van der Waals surface area contributed by atoms with Crippen LogP contribution in [-0.2, 0) is 0 Å². The lowest BCUT2D eigenvalue weighted by atomic mass is 9.92. The molecule has 1 N–H and O–H groups in total. The van der Waals surface area contributed by atoms with Crippen molar-refractivity contribution >= 4 is 0 Å². The van der Waals surface area contributed by atoms with E-state index in [1.807, 2.05) is 13.0 Å². The Morgan fingerprint density at radius 3 is 2.71 bits per heavy atom. The van der Waals surface area contributed by atoms with Gasteiger partial charge in [-0.1, -0.05) is 25.8 Å². The zero-order chi connectivity index (χ0) is 12.4. The minimum absolute atomic E-state index is 0.246. The summed E-state index contributed by atoms with van der Waals surface area (Å²) in [7, 11) is 0. The van der Waals surface area contributed by atoms with E-state index < -0.39 is 6.10 Å². The van der Waals surface area contributed by atoms with E-state index in [4.69, 9.17) is 0 Å². The quantitative estimate of drug-likeness (QED) is 0.841. The van der Waals surface area contributed by atoms with Crippen molar-refractivity contribution in [1.29, 1.82) is 0 Å². The summed E-state index contributed by atoms with van der Waals surface area (Å²) in [5.74, 6) is 0.801. The smallest absolute Gasteiger partial charge is 0.123 e. The van der Waals surface area contributed by atoms with Crippen molar-refractivity contribution < 1.29 is 9.50 Å². The van der Waals surface area contributed by atoms with Gasteiger partial charge in [-0.05, 0) is 54.9 Å². The van der Waals surface area contributed by atoms with E-state index in [1.54, 1.807) is 0 Å². The van der Waals surface area contributed by atoms with Crippen molar-refractivity contribution in [1.82, 2.24) is 0 Å². The van der Waals surface area contributed by atoms with E-state index in [9.17, 15) is 9.50 Å². The van der Waals surface area contributed by atoms with Crippen LogP contribution in [-0.4, -0.2) is 5.11 Å². The summed E-state index contributed by atoms with van der Waals surface area (Å²) in [4.78, 5) is 0. The van der Waals surface area contributed by atoms with Gasteiger partial charge in [0, 0.05) is 0 Å². The monoisotopic (exact) mass is 236 g/mol. The number of benzene rings is 1. The molecule has 94 valence electrons. The first-order valence-corrected chi connectivity index (χ1v) is 6.55. The van der Waals surface area contributed by atoms with Crippen LogP contribution in [0.25, 0.3) is 0 Å².